The van der Waals surface area contributed by atoms with Gasteiger partial charge in [0.05, 0.1) is 21.6 Å². The van der Waals surface area contributed by atoms with E-state index in [1.165, 1.54) is 21.6 Å². The number of para-hydroxylation sites is 1. The zero-order valence-corrected chi connectivity index (χ0v) is 18.3. The van der Waals surface area contributed by atoms with Gasteiger partial charge in [0.25, 0.3) is 0 Å². The Balaban J connectivity index is 1.54. The number of aromatic nitrogens is 2. The number of benzene rings is 2. The molecule has 0 spiro atoms. The molecule has 7 heteroatoms. The van der Waals surface area contributed by atoms with Gasteiger partial charge in [0.2, 0.25) is 5.91 Å². The molecule has 0 radical (unpaired) electrons. The Bertz CT molecular complexity index is 1120. The molecule has 28 heavy (non-hydrogen) atoms. The van der Waals surface area contributed by atoms with Crippen LogP contribution in [0.1, 0.15) is 23.7 Å². The van der Waals surface area contributed by atoms with E-state index in [-0.39, 0.29) is 5.91 Å². The SMILES string of the molecule is CC(=O)N(c1nc(CSc2nc3ccccc3s2)cs1)c1ccc(C)cc1C. The molecule has 0 saturated heterocycles. The number of hydrogen-bond donors (Lipinski definition) is 0. The largest absolute Gasteiger partial charge is 0.274 e. The molecule has 4 nitrogen and oxygen atoms in total. The predicted octanol–water partition coefficient (Wildman–Crippen LogP) is 6.35. The predicted molar refractivity (Wildman–Crippen MR) is 120 cm³/mol. The van der Waals surface area contributed by atoms with Gasteiger partial charge in [-0.2, -0.15) is 0 Å². The maximum Gasteiger partial charge on any atom is 0.230 e. The summed E-state index contributed by atoms with van der Waals surface area (Å²) in [5.41, 5.74) is 5.12. The molecule has 0 fully saturated rings. The van der Waals surface area contributed by atoms with Crippen LogP contribution in [-0.4, -0.2) is 15.9 Å². The number of anilines is 2. The van der Waals surface area contributed by atoms with Crippen molar-refractivity contribution in [2.75, 3.05) is 4.90 Å². The molecule has 2 aromatic heterocycles. The highest BCUT2D eigenvalue weighted by atomic mass is 32.2. The topological polar surface area (TPSA) is 46.1 Å². The minimum Gasteiger partial charge on any atom is -0.274 e. The van der Waals surface area contributed by atoms with Crippen molar-refractivity contribution in [1.29, 1.82) is 0 Å². The van der Waals surface area contributed by atoms with E-state index in [4.69, 9.17) is 4.98 Å². The Morgan fingerprint density at radius 2 is 1.96 bits per heavy atom. The molecular weight excluding hydrogens is 406 g/mol. The molecule has 142 valence electrons. The average molecular weight is 426 g/mol. The van der Waals surface area contributed by atoms with Crippen molar-refractivity contribution in [2.45, 2.75) is 30.9 Å². The number of carbonyl (C=O) groups is 1. The van der Waals surface area contributed by atoms with Gasteiger partial charge in [0.1, 0.15) is 0 Å². The van der Waals surface area contributed by atoms with Crippen molar-refractivity contribution < 1.29 is 4.79 Å². The van der Waals surface area contributed by atoms with Crippen molar-refractivity contribution in [1.82, 2.24) is 9.97 Å². The van der Waals surface area contributed by atoms with Crippen molar-refractivity contribution in [3.63, 3.8) is 0 Å². The van der Waals surface area contributed by atoms with Gasteiger partial charge in [-0.3, -0.25) is 9.69 Å². The second-order valence-electron chi connectivity index (χ2n) is 6.50. The molecule has 0 bridgehead atoms. The Labute approximate surface area is 176 Å². The molecule has 0 aliphatic carbocycles. The number of fused-ring (bicyclic) bond motifs is 1. The number of thioether (sulfide) groups is 1. The third-order valence-electron chi connectivity index (χ3n) is 4.26. The van der Waals surface area contributed by atoms with Crippen LogP contribution >= 0.6 is 34.4 Å². The summed E-state index contributed by atoms with van der Waals surface area (Å²) in [6.07, 6.45) is 0. The number of nitrogens with zero attached hydrogens (tertiary/aromatic N) is 3. The minimum absolute atomic E-state index is 0.0355. The lowest BCUT2D eigenvalue weighted by Gasteiger charge is -2.20. The number of rotatable bonds is 5. The van der Waals surface area contributed by atoms with Crippen LogP contribution in [-0.2, 0) is 10.5 Å². The zero-order valence-electron chi connectivity index (χ0n) is 15.8. The normalized spacial score (nSPS) is 11.1. The molecule has 2 aromatic carbocycles. The van der Waals surface area contributed by atoms with Gasteiger partial charge in [-0.1, -0.05) is 41.6 Å². The highest BCUT2D eigenvalue weighted by molar-refractivity contribution is 8.00. The summed E-state index contributed by atoms with van der Waals surface area (Å²) >= 11 is 4.88. The highest BCUT2D eigenvalue weighted by Crippen LogP contribution is 2.35. The molecular formula is C21H19N3OS3. The molecule has 4 rings (SSSR count). The van der Waals surface area contributed by atoms with Crippen LogP contribution in [0.25, 0.3) is 10.2 Å². The van der Waals surface area contributed by atoms with Gasteiger partial charge in [-0.15, -0.1) is 22.7 Å². The standard InChI is InChI=1S/C21H19N3OS3/c1-13-8-9-18(14(2)10-13)24(15(3)25)20-22-16(11-26-20)12-27-21-23-17-6-4-5-7-19(17)28-21/h4-11H,12H2,1-3H3. The highest BCUT2D eigenvalue weighted by Gasteiger charge is 2.20. The van der Waals surface area contributed by atoms with Crippen LogP contribution < -0.4 is 4.90 Å². The summed E-state index contributed by atoms with van der Waals surface area (Å²) in [7, 11) is 0. The fourth-order valence-electron chi connectivity index (χ4n) is 2.98. The Morgan fingerprint density at radius 3 is 2.71 bits per heavy atom. The summed E-state index contributed by atoms with van der Waals surface area (Å²) in [5.74, 6) is 0.696. The first-order valence-corrected chi connectivity index (χ1v) is 11.5. The van der Waals surface area contributed by atoms with E-state index in [1.807, 2.05) is 42.6 Å². The van der Waals surface area contributed by atoms with Gasteiger partial charge in [0, 0.05) is 18.1 Å². The van der Waals surface area contributed by atoms with Crippen molar-refractivity contribution in [3.8, 4) is 0 Å². The van der Waals surface area contributed by atoms with E-state index in [2.05, 4.69) is 24.0 Å². The van der Waals surface area contributed by atoms with Crippen LogP contribution in [0.3, 0.4) is 0 Å². The fourth-order valence-corrected chi connectivity index (χ4v) is 5.92. The number of hydrogen-bond acceptors (Lipinski definition) is 6. The maximum absolute atomic E-state index is 12.3. The number of amides is 1. The summed E-state index contributed by atoms with van der Waals surface area (Å²) in [4.78, 5) is 23.4. The second-order valence-corrected chi connectivity index (χ2v) is 9.59. The van der Waals surface area contributed by atoms with E-state index in [9.17, 15) is 4.79 Å². The van der Waals surface area contributed by atoms with Crippen molar-refractivity contribution in [3.05, 3.63) is 64.7 Å². The van der Waals surface area contributed by atoms with E-state index in [1.54, 1.807) is 34.9 Å². The van der Waals surface area contributed by atoms with Gasteiger partial charge in [-0.25, -0.2) is 9.97 Å². The number of thiazole rings is 2. The van der Waals surface area contributed by atoms with Crippen LogP contribution in [0.15, 0.2) is 52.2 Å². The van der Waals surface area contributed by atoms with E-state index >= 15 is 0 Å². The molecule has 0 unspecified atom stereocenters. The summed E-state index contributed by atoms with van der Waals surface area (Å²) in [6, 6.07) is 14.3. The van der Waals surface area contributed by atoms with E-state index in [0.29, 0.717) is 5.13 Å². The first-order valence-electron chi connectivity index (χ1n) is 8.82. The summed E-state index contributed by atoms with van der Waals surface area (Å²) < 4.78 is 2.23. The van der Waals surface area contributed by atoms with Crippen LogP contribution in [0.4, 0.5) is 10.8 Å². The zero-order chi connectivity index (χ0) is 19.7. The lowest BCUT2D eigenvalue weighted by atomic mass is 10.1. The summed E-state index contributed by atoms with van der Waals surface area (Å²) in [6.45, 7) is 5.65. The quantitative estimate of drug-likeness (QED) is 0.350. The van der Waals surface area contributed by atoms with Crippen LogP contribution in [0, 0.1) is 13.8 Å². The van der Waals surface area contributed by atoms with E-state index in [0.717, 1.165) is 32.6 Å². The van der Waals surface area contributed by atoms with Gasteiger partial charge < -0.3 is 0 Å². The molecule has 4 aromatic rings. The Morgan fingerprint density at radius 1 is 1.14 bits per heavy atom. The monoisotopic (exact) mass is 425 g/mol. The molecule has 0 aliphatic heterocycles. The number of aryl methyl sites for hydroxylation is 2. The van der Waals surface area contributed by atoms with Crippen LogP contribution in [0.5, 0.6) is 0 Å². The number of carbonyl (C=O) groups excluding carboxylic acids is 1. The third kappa shape index (κ3) is 3.97. The molecule has 0 aliphatic rings. The van der Waals surface area contributed by atoms with Crippen LogP contribution in [0.2, 0.25) is 0 Å². The fraction of sp³-hybridized carbons (Fsp3) is 0.190. The molecule has 0 saturated carbocycles. The first-order chi connectivity index (χ1) is 13.5. The second kappa shape index (κ2) is 8.03. The van der Waals surface area contributed by atoms with Crippen molar-refractivity contribution >= 4 is 61.4 Å². The lowest BCUT2D eigenvalue weighted by molar-refractivity contribution is -0.115. The molecule has 2 heterocycles. The Hall–Kier alpha value is -2.22. The van der Waals surface area contributed by atoms with E-state index < -0.39 is 0 Å². The van der Waals surface area contributed by atoms with Crippen molar-refractivity contribution in [2.24, 2.45) is 0 Å². The minimum atomic E-state index is -0.0355. The first kappa shape index (κ1) is 19.1. The maximum atomic E-state index is 12.3. The third-order valence-corrected chi connectivity index (χ3v) is 7.34. The Kier molecular flexibility index (Phi) is 5.48. The van der Waals surface area contributed by atoms with Gasteiger partial charge in [0.15, 0.2) is 9.47 Å². The molecule has 1 amide bonds. The average Bonchev–Trinajstić information content (AvgIpc) is 3.28. The van der Waals surface area contributed by atoms with Gasteiger partial charge >= 0.3 is 0 Å². The lowest BCUT2D eigenvalue weighted by Crippen LogP contribution is -2.23. The summed E-state index contributed by atoms with van der Waals surface area (Å²) in [5, 5.41) is 2.73. The molecule has 0 N–H and O–H groups in total. The van der Waals surface area contributed by atoms with Gasteiger partial charge in [-0.05, 0) is 37.6 Å². The smallest absolute Gasteiger partial charge is 0.230 e. The molecule has 0 atom stereocenters.